The van der Waals surface area contributed by atoms with Gasteiger partial charge in [0, 0.05) is 68.4 Å². The third-order valence-electron chi connectivity index (χ3n) is 11.0. The first-order valence-corrected chi connectivity index (χ1v) is 21.3. The van der Waals surface area contributed by atoms with Crippen molar-refractivity contribution in [3.8, 4) is 11.1 Å². The highest BCUT2D eigenvalue weighted by Gasteiger charge is 2.17. The number of nitrogens with zero attached hydrogens (tertiary/aromatic N) is 4. The average molecular weight is 857 g/mol. The molecule has 5 nitrogen and oxygen atoms in total. The van der Waals surface area contributed by atoms with Crippen LogP contribution in [-0.2, 0) is 6.42 Å². The van der Waals surface area contributed by atoms with Gasteiger partial charge >= 0.3 is 0 Å². The Labute approximate surface area is 347 Å². The van der Waals surface area contributed by atoms with Crippen LogP contribution >= 0.6 is 22.6 Å². The third kappa shape index (κ3) is 7.66. The maximum atomic E-state index is 6.03. The number of para-hydroxylation sites is 3. The van der Waals surface area contributed by atoms with E-state index in [4.69, 9.17) is 9.40 Å². The number of allylic oxidation sites excluding steroid dienone is 8. The van der Waals surface area contributed by atoms with E-state index in [1.165, 1.54) is 61.0 Å². The van der Waals surface area contributed by atoms with Crippen molar-refractivity contribution in [2.45, 2.75) is 45.4 Å². The van der Waals surface area contributed by atoms with Crippen molar-refractivity contribution in [1.82, 2.24) is 14.0 Å². The Hall–Kier alpha value is -5.86. The largest absolute Gasteiger partial charge is 0.440 e. The molecule has 1 aliphatic rings. The number of pyridine rings is 1. The molecular weight excluding hydrogens is 811 g/mol. The van der Waals surface area contributed by atoms with Crippen molar-refractivity contribution in [2.24, 2.45) is 0 Å². The highest BCUT2D eigenvalue weighted by Crippen LogP contribution is 2.37. The van der Waals surface area contributed by atoms with E-state index in [1.807, 2.05) is 24.3 Å². The summed E-state index contributed by atoms with van der Waals surface area (Å²) in [5.41, 5.74) is 14.3. The van der Waals surface area contributed by atoms with Crippen LogP contribution in [0.15, 0.2) is 178 Å². The molecule has 0 radical (unpaired) electrons. The second-order valence-electron chi connectivity index (χ2n) is 14.6. The minimum Gasteiger partial charge on any atom is -0.440 e. The molecule has 9 rings (SSSR count). The van der Waals surface area contributed by atoms with Gasteiger partial charge in [0.25, 0.3) is 0 Å². The van der Waals surface area contributed by atoms with Gasteiger partial charge in [-0.25, -0.2) is 4.98 Å². The molecule has 0 saturated carbocycles. The van der Waals surface area contributed by atoms with Crippen LogP contribution in [0.25, 0.3) is 60.8 Å². The van der Waals surface area contributed by atoms with Crippen LogP contribution in [0.1, 0.15) is 50.5 Å². The van der Waals surface area contributed by atoms with Crippen molar-refractivity contribution in [3.05, 3.63) is 185 Å². The summed E-state index contributed by atoms with van der Waals surface area (Å²) >= 11 is 2.38. The number of benzene rings is 4. The first kappa shape index (κ1) is 36.8. The van der Waals surface area contributed by atoms with E-state index in [-0.39, 0.29) is 0 Å². The highest BCUT2D eigenvalue weighted by molar-refractivity contribution is 14.1. The van der Waals surface area contributed by atoms with Crippen molar-refractivity contribution in [3.63, 3.8) is 0 Å². The molecule has 8 aromatic rings. The van der Waals surface area contributed by atoms with E-state index in [0.717, 1.165) is 61.3 Å². The maximum Gasteiger partial charge on any atom is 0.199 e. The fraction of sp³-hybridized carbons (Fsp3) is 0.157. The van der Waals surface area contributed by atoms with Gasteiger partial charge in [-0.05, 0) is 122 Å². The fourth-order valence-electron chi connectivity index (χ4n) is 8.22. The molecule has 4 aromatic carbocycles. The molecule has 0 spiro atoms. The molecule has 57 heavy (non-hydrogen) atoms. The zero-order valence-corrected chi connectivity index (χ0v) is 34.3. The molecule has 0 unspecified atom stereocenters. The van der Waals surface area contributed by atoms with E-state index < -0.39 is 0 Å². The molecule has 6 heteroatoms. The second kappa shape index (κ2) is 16.7. The molecule has 0 saturated heterocycles. The lowest BCUT2D eigenvalue weighted by molar-refractivity contribution is 0.546. The summed E-state index contributed by atoms with van der Waals surface area (Å²) in [4.78, 5) is 7.15. The monoisotopic (exact) mass is 856 g/mol. The molecule has 282 valence electrons. The maximum absolute atomic E-state index is 6.03. The van der Waals surface area contributed by atoms with Crippen LogP contribution in [0, 0.1) is 0 Å². The first-order chi connectivity index (χ1) is 28.2. The quantitative estimate of drug-likeness (QED) is 0.0856. The van der Waals surface area contributed by atoms with Crippen molar-refractivity contribution in [2.75, 3.05) is 11.4 Å². The van der Waals surface area contributed by atoms with E-state index >= 15 is 0 Å². The Balaban J connectivity index is 0.990. The molecule has 0 fully saturated rings. The fourth-order valence-corrected chi connectivity index (χ4v) is 8.77. The Bertz CT molecular complexity index is 2790. The standard InChI is InChI=1S/C51H45IN4O/c1-2-14-37(39-27-30-49-46(34-39)45-20-6-8-22-48(45)56(49)42-16-4-3-5-17-42)15-13-32-55(44(35-52)19-12-24-51-53-47-21-7-9-23-50(47)57-51)41-28-25-38(26-29-41)40-33-43-18-10-11-31-54(43)36-40/h3-4,6-12,14,16,18-23,25-31,33-36H,2,5,13,15,17,24,32H2,1H3/b19-12-,37-14+,44-35+. The number of aromatic nitrogens is 3. The van der Waals surface area contributed by atoms with Crippen LogP contribution in [0.5, 0.6) is 0 Å². The summed E-state index contributed by atoms with van der Waals surface area (Å²) in [6, 6.07) is 41.5. The van der Waals surface area contributed by atoms with Crippen LogP contribution in [0.4, 0.5) is 5.69 Å². The summed E-state index contributed by atoms with van der Waals surface area (Å²) in [6.45, 7) is 3.11. The Kier molecular flexibility index (Phi) is 10.8. The zero-order valence-electron chi connectivity index (χ0n) is 32.2. The van der Waals surface area contributed by atoms with Gasteiger partial charge in [0.05, 0.1) is 11.0 Å². The zero-order chi connectivity index (χ0) is 38.6. The Morgan fingerprint density at radius 2 is 1.72 bits per heavy atom. The summed E-state index contributed by atoms with van der Waals surface area (Å²) in [5.74, 6) is 0.720. The smallest absolute Gasteiger partial charge is 0.199 e. The minimum absolute atomic E-state index is 0.619. The summed E-state index contributed by atoms with van der Waals surface area (Å²) in [7, 11) is 0. The van der Waals surface area contributed by atoms with Gasteiger partial charge < -0.3 is 18.3 Å². The van der Waals surface area contributed by atoms with E-state index in [0.29, 0.717) is 6.42 Å². The van der Waals surface area contributed by atoms with Crippen LogP contribution in [-0.4, -0.2) is 20.5 Å². The van der Waals surface area contributed by atoms with Crippen molar-refractivity contribution >= 4 is 78.0 Å². The molecule has 4 heterocycles. The Morgan fingerprint density at radius 3 is 2.54 bits per heavy atom. The molecule has 4 aromatic heterocycles. The van der Waals surface area contributed by atoms with Gasteiger partial charge in [-0.1, -0.05) is 108 Å². The number of fused-ring (bicyclic) bond motifs is 5. The molecule has 0 bridgehead atoms. The van der Waals surface area contributed by atoms with Gasteiger partial charge in [0.2, 0.25) is 0 Å². The first-order valence-electron chi connectivity index (χ1n) is 20.0. The normalized spacial score (nSPS) is 13.8. The molecular formula is C51H45IN4O. The lowest BCUT2D eigenvalue weighted by atomic mass is 9.97. The predicted octanol–water partition coefficient (Wildman–Crippen LogP) is 14.2. The van der Waals surface area contributed by atoms with Gasteiger partial charge in [-0.15, -0.1) is 0 Å². The number of hydrogen-bond acceptors (Lipinski definition) is 3. The summed E-state index contributed by atoms with van der Waals surface area (Å²) < 4.78 is 12.9. The number of halogens is 1. The van der Waals surface area contributed by atoms with Gasteiger partial charge in [0.15, 0.2) is 11.5 Å². The molecule has 1 aliphatic carbocycles. The highest BCUT2D eigenvalue weighted by atomic mass is 127. The van der Waals surface area contributed by atoms with Gasteiger partial charge in [0.1, 0.15) is 5.52 Å². The average Bonchev–Trinajstić information content (AvgIpc) is 3.98. The van der Waals surface area contributed by atoms with Crippen LogP contribution in [0.3, 0.4) is 0 Å². The predicted molar refractivity (Wildman–Crippen MR) is 249 cm³/mol. The van der Waals surface area contributed by atoms with Gasteiger partial charge in [-0.3, -0.25) is 0 Å². The summed E-state index contributed by atoms with van der Waals surface area (Å²) in [5, 5.41) is 2.63. The number of rotatable bonds is 13. The van der Waals surface area contributed by atoms with Crippen LogP contribution < -0.4 is 4.90 Å². The van der Waals surface area contributed by atoms with Crippen LogP contribution in [0.2, 0.25) is 0 Å². The van der Waals surface area contributed by atoms with Gasteiger partial charge in [-0.2, -0.15) is 0 Å². The van der Waals surface area contributed by atoms with Crippen molar-refractivity contribution in [1.29, 1.82) is 0 Å². The second-order valence-corrected chi connectivity index (χ2v) is 15.2. The van der Waals surface area contributed by atoms with E-state index in [1.54, 1.807) is 0 Å². The Morgan fingerprint density at radius 1 is 0.877 bits per heavy atom. The molecule has 0 amide bonds. The number of hydrogen-bond donors (Lipinski definition) is 0. The topological polar surface area (TPSA) is 38.6 Å². The SMILES string of the molecule is CC/C=C(\CCCN(C(/C=C\Cc1nc2ccccc2o1)=C/I)c1ccc(-c2cc3ccccn3c2)cc1)c1ccc2c(c1)c1ccccc1n2C1=CC=CCC1. The number of anilines is 1. The van der Waals surface area contributed by atoms with Crippen molar-refractivity contribution < 1.29 is 4.42 Å². The summed E-state index contributed by atoms with van der Waals surface area (Å²) in [6.07, 6.45) is 23.5. The number of oxazole rings is 1. The lowest BCUT2D eigenvalue weighted by Gasteiger charge is -2.26. The molecule has 0 atom stereocenters. The molecule has 0 N–H and O–H groups in total. The molecule has 0 aliphatic heterocycles. The van der Waals surface area contributed by atoms with E-state index in [2.05, 4.69) is 187 Å². The lowest BCUT2D eigenvalue weighted by Crippen LogP contribution is -2.22. The third-order valence-corrected chi connectivity index (χ3v) is 11.6. The van der Waals surface area contributed by atoms with E-state index in [9.17, 15) is 0 Å². The minimum atomic E-state index is 0.619.